The summed E-state index contributed by atoms with van der Waals surface area (Å²) in [5.74, 6) is 0. The van der Waals surface area contributed by atoms with Gasteiger partial charge in [0.15, 0.2) is 0 Å². The van der Waals surface area contributed by atoms with E-state index >= 15 is 0 Å². The molecule has 0 bridgehead atoms. The number of benzene rings is 1. The molecule has 1 fully saturated rings. The molecule has 0 atom stereocenters. The molecule has 2 aromatic rings. The first kappa shape index (κ1) is 11.7. The molecule has 0 radical (unpaired) electrons. The number of nitrogens with zero attached hydrogens (tertiary/aromatic N) is 1. The minimum atomic E-state index is 0.354. The van der Waals surface area contributed by atoms with E-state index in [1.54, 1.807) is 0 Å². The molecule has 1 N–H and O–H groups in total. The van der Waals surface area contributed by atoms with E-state index in [0.29, 0.717) is 5.54 Å². The van der Waals surface area contributed by atoms with E-state index in [2.05, 4.69) is 41.5 Å². The van der Waals surface area contributed by atoms with Gasteiger partial charge in [-0.2, -0.15) is 0 Å². The summed E-state index contributed by atoms with van der Waals surface area (Å²) in [6, 6.07) is 8.71. The van der Waals surface area contributed by atoms with Gasteiger partial charge in [0.2, 0.25) is 0 Å². The Bertz CT molecular complexity index is 542. The highest BCUT2D eigenvalue weighted by molar-refractivity contribution is 5.81. The van der Waals surface area contributed by atoms with E-state index in [4.69, 9.17) is 0 Å². The van der Waals surface area contributed by atoms with Gasteiger partial charge in [0, 0.05) is 29.9 Å². The van der Waals surface area contributed by atoms with Crippen molar-refractivity contribution in [2.75, 3.05) is 0 Å². The van der Waals surface area contributed by atoms with Crippen molar-refractivity contribution in [2.24, 2.45) is 0 Å². The van der Waals surface area contributed by atoms with E-state index in [9.17, 15) is 0 Å². The lowest BCUT2D eigenvalue weighted by molar-refractivity contribution is 0.363. The maximum atomic E-state index is 4.15. The molecular formula is C16H20N2. The molecule has 3 rings (SSSR count). The second-order valence-corrected chi connectivity index (χ2v) is 5.68. The fourth-order valence-corrected chi connectivity index (χ4v) is 2.89. The molecule has 0 spiro atoms. The van der Waals surface area contributed by atoms with Gasteiger partial charge < -0.3 is 5.32 Å². The Kier molecular flexibility index (Phi) is 3.04. The van der Waals surface area contributed by atoms with Gasteiger partial charge in [-0.05, 0) is 42.8 Å². The summed E-state index contributed by atoms with van der Waals surface area (Å²) in [5, 5.41) is 6.22. The van der Waals surface area contributed by atoms with Gasteiger partial charge >= 0.3 is 0 Å². The average molecular weight is 240 g/mol. The lowest BCUT2D eigenvalue weighted by Crippen LogP contribution is -2.38. The first-order valence-electron chi connectivity index (χ1n) is 6.83. The van der Waals surface area contributed by atoms with Gasteiger partial charge in [0.05, 0.1) is 0 Å². The van der Waals surface area contributed by atoms with E-state index in [0.717, 1.165) is 6.54 Å². The van der Waals surface area contributed by atoms with Crippen LogP contribution in [0.25, 0.3) is 10.8 Å². The van der Waals surface area contributed by atoms with Gasteiger partial charge in [0.25, 0.3) is 0 Å². The van der Waals surface area contributed by atoms with Gasteiger partial charge in [0.1, 0.15) is 0 Å². The number of aromatic nitrogens is 1. The molecule has 2 nitrogen and oxygen atoms in total. The summed E-state index contributed by atoms with van der Waals surface area (Å²) in [7, 11) is 0. The number of nitrogens with one attached hydrogen (secondary N) is 1. The fourth-order valence-electron chi connectivity index (χ4n) is 2.89. The van der Waals surface area contributed by atoms with Crippen LogP contribution in [0.3, 0.4) is 0 Å². The van der Waals surface area contributed by atoms with Crippen molar-refractivity contribution in [3.8, 4) is 0 Å². The third-order valence-electron chi connectivity index (χ3n) is 4.13. The highest BCUT2D eigenvalue weighted by Gasteiger charge is 2.27. The second-order valence-electron chi connectivity index (χ2n) is 5.68. The molecule has 18 heavy (non-hydrogen) atoms. The zero-order valence-electron chi connectivity index (χ0n) is 10.9. The number of hydrogen-bond donors (Lipinski definition) is 1. The number of fused-ring (bicyclic) bond motifs is 1. The lowest BCUT2D eigenvalue weighted by atomic mass is 10.00. The Morgan fingerprint density at radius 2 is 2.00 bits per heavy atom. The standard InChI is InChI=1S/C16H20N2/c1-16(7-2-3-8-16)18-11-13-4-5-15-12-17-9-6-14(15)10-13/h4-6,9-10,12,18H,2-3,7-8,11H2,1H3. The molecule has 1 aliphatic rings. The average Bonchev–Trinajstić information content (AvgIpc) is 2.84. The molecule has 1 aromatic heterocycles. The van der Waals surface area contributed by atoms with Gasteiger partial charge in [-0.15, -0.1) is 0 Å². The molecule has 0 unspecified atom stereocenters. The summed E-state index contributed by atoms with van der Waals surface area (Å²) < 4.78 is 0. The summed E-state index contributed by atoms with van der Waals surface area (Å²) in [4.78, 5) is 4.15. The Labute approximate surface area is 108 Å². The Morgan fingerprint density at radius 3 is 2.83 bits per heavy atom. The predicted octanol–water partition coefficient (Wildman–Crippen LogP) is 3.66. The molecule has 94 valence electrons. The smallest absolute Gasteiger partial charge is 0.0346 e. The van der Waals surface area contributed by atoms with Crippen LogP contribution in [0.2, 0.25) is 0 Å². The minimum Gasteiger partial charge on any atom is -0.307 e. The summed E-state index contributed by atoms with van der Waals surface area (Å²) >= 11 is 0. The molecule has 0 aliphatic heterocycles. The Hall–Kier alpha value is -1.41. The number of rotatable bonds is 3. The normalized spacial score (nSPS) is 18.3. The van der Waals surface area contributed by atoms with Crippen molar-refractivity contribution in [3.63, 3.8) is 0 Å². The van der Waals surface area contributed by atoms with E-state index < -0.39 is 0 Å². The topological polar surface area (TPSA) is 24.9 Å². The van der Waals surface area contributed by atoms with Crippen LogP contribution in [-0.4, -0.2) is 10.5 Å². The van der Waals surface area contributed by atoms with Crippen LogP contribution < -0.4 is 5.32 Å². The van der Waals surface area contributed by atoms with Crippen molar-refractivity contribution in [1.82, 2.24) is 10.3 Å². The third-order valence-corrected chi connectivity index (χ3v) is 4.13. The summed E-state index contributed by atoms with van der Waals surface area (Å²) in [6.45, 7) is 3.32. The number of hydrogen-bond acceptors (Lipinski definition) is 2. The van der Waals surface area contributed by atoms with Gasteiger partial charge in [-0.1, -0.05) is 25.0 Å². The van der Waals surface area contributed by atoms with Crippen LogP contribution >= 0.6 is 0 Å². The minimum absolute atomic E-state index is 0.354. The van der Waals surface area contributed by atoms with Gasteiger partial charge in [-0.3, -0.25) is 4.98 Å². The molecule has 1 aliphatic carbocycles. The van der Waals surface area contributed by atoms with Crippen LogP contribution in [0.4, 0.5) is 0 Å². The van der Waals surface area contributed by atoms with Crippen molar-refractivity contribution < 1.29 is 0 Å². The van der Waals surface area contributed by atoms with Crippen molar-refractivity contribution >= 4 is 10.8 Å². The number of pyridine rings is 1. The molecule has 1 aromatic carbocycles. The summed E-state index contributed by atoms with van der Waals surface area (Å²) in [5.41, 5.74) is 1.72. The van der Waals surface area contributed by atoms with Crippen LogP contribution in [0.5, 0.6) is 0 Å². The zero-order valence-corrected chi connectivity index (χ0v) is 10.9. The second kappa shape index (κ2) is 4.69. The third kappa shape index (κ3) is 2.39. The highest BCUT2D eigenvalue weighted by atomic mass is 15.0. The largest absolute Gasteiger partial charge is 0.307 e. The van der Waals surface area contributed by atoms with Crippen LogP contribution in [0.1, 0.15) is 38.2 Å². The molecule has 1 heterocycles. The van der Waals surface area contributed by atoms with E-state index in [1.807, 2.05) is 12.4 Å². The SMILES string of the molecule is CC1(NCc2ccc3cnccc3c2)CCCC1. The van der Waals surface area contributed by atoms with Crippen LogP contribution in [0.15, 0.2) is 36.7 Å². The first-order valence-corrected chi connectivity index (χ1v) is 6.83. The Morgan fingerprint density at radius 1 is 1.17 bits per heavy atom. The quantitative estimate of drug-likeness (QED) is 0.885. The molecule has 1 saturated carbocycles. The molecule has 0 saturated heterocycles. The maximum Gasteiger partial charge on any atom is 0.0346 e. The zero-order chi connectivity index (χ0) is 12.4. The van der Waals surface area contributed by atoms with Crippen molar-refractivity contribution in [3.05, 3.63) is 42.2 Å². The highest BCUT2D eigenvalue weighted by Crippen LogP contribution is 2.29. The van der Waals surface area contributed by atoms with Crippen LogP contribution in [-0.2, 0) is 6.54 Å². The lowest BCUT2D eigenvalue weighted by Gasteiger charge is -2.25. The predicted molar refractivity (Wildman–Crippen MR) is 75.5 cm³/mol. The van der Waals surface area contributed by atoms with Crippen LogP contribution in [0, 0.1) is 0 Å². The first-order chi connectivity index (χ1) is 8.75. The summed E-state index contributed by atoms with van der Waals surface area (Å²) in [6.07, 6.45) is 9.14. The van der Waals surface area contributed by atoms with Gasteiger partial charge in [-0.25, -0.2) is 0 Å². The van der Waals surface area contributed by atoms with Crippen molar-refractivity contribution in [2.45, 2.75) is 44.7 Å². The van der Waals surface area contributed by atoms with E-state index in [1.165, 1.54) is 42.0 Å². The van der Waals surface area contributed by atoms with E-state index in [-0.39, 0.29) is 0 Å². The maximum absolute atomic E-state index is 4.15. The molecular weight excluding hydrogens is 220 g/mol. The van der Waals surface area contributed by atoms with Crippen molar-refractivity contribution in [1.29, 1.82) is 0 Å². The Balaban J connectivity index is 1.74. The molecule has 0 amide bonds. The fraction of sp³-hybridized carbons (Fsp3) is 0.438. The monoisotopic (exact) mass is 240 g/mol. The molecule has 2 heteroatoms.